The van der Waals surface area contributed by atoms with Crippen molar-refractivity contribution in [3.8, 4) is 0 Å². The molecule has 3 N–H and O–H groups in total. The van der Waals surface area contributed by atoms with Gasteiger partial charge in [-0.3, -0.25) is 9.59 Å². The molecule has 1 atom stereocenters. The van der Waals surface area contributed by atoms with Crippen LogP contribution in [0.3, 0.4) is 0 Å². The second-order valence-corrected chi connectivity index (χ2v) is 6.90. The van der Waals surface area contributed by atoms with E-state index in [1.165, 1.54) is 0 Å². The van der Waals surface area contributed by atoms with E-state index in [9.17, 15) is 9.59 Å². The van der Waals surface area contributed by atoms with Gasteiger partial charge in [-0.05, 0) is 35.3 Å². The Morgan fingerprint density at radius 3 is 2.00 bits per heavy atom. The van der Waals surface area contributed by atoms with Crippen molar-refractivity contribution in [2.24, 2.45) is 5.92 Å². The summed E-state index contributed by atoms with van der Waals surface area (Å²) >= 11 is 0. The molecule has 1 aromatic rings. The lowest BCUT2D eigenvalue weighted by Gasteiger charge is -2.20. The Labute approximate surface area is 144 Å². The van der Waals surface area contributed by atoms with E-state index in [0.717, 1.165) is 16.8 Å². The van der Waals surface area contributed by atoms with Gasteiger partial charge >= 0.3 is 11.8 Å². The molecule has 0 heterocycles. The molecule has 0 aliphatic carbocycles. The fourth-order valence-electron chi connectivity index (χ4n) is 2.54. The number of aliphatic hydroxyl groups excluding tert-OH is 1. The molecule has 0 saturated heterocycles. The standard InChI is InChI=1S/C19H30N2O3/c1-12(2)15-7-6-8-16(13(3)4)17(15)21-19(24)18(23)20-11-14(5)9-10-22/h6-8,12-14,22H,9-11H2,1-5H3,(H,20,23)(H,21,24). The van der Waals surface area contributed by atoms with E-state index in [1.807, 2.05) is 25.1 Å². The van der Waals surface area contributed by atoms with Crippen molar-refractivity contribution in [3.05, 3.63) is 29.3 Å². The molecule has 2 amide bonds. The summed E-state index contributed by atoms with van der Waals surface area (Å²) < 4.78 is 0. The van der Waals surface area contributed by atoms with Gasteiger partial charge in [-0.15, -0.1) is 0 Å². The normalized spacial score (nSPS) is 12.3. The first-order valence-electron chi connectivity index (χ1n) is 8.60. The minimum Gasteiger partial charge on any atom is -0.396 e. The van der Waals surface area contributed by atoms with Gasteiger partial charge in [0.1, 0.15) is 0 Å². The van der Waals surface area contributed by atoms with Crippen molar-refractivity contribution in [2.75, 3.05) is 18.5 Å². The van der Waals surface area contributed by atoms with E-state index in [4.69, 9.17) is 5.11 Å². The maximum Gasteiger partial charge on any atom is 0.313 e. The number of hydrogen-bond donors (Lipinski definition) is 3. The number of rotatable bonds is 7. The summed E-state index contributed by atoms with van der Waals surface area (Å²) in [6, 6.07) is 5.94. The van der Waals surface area contributed by atoms with Crippen LogP contribution in [0.15, 0.2) is 18.2 Å². The minimum absolute atomic E-state index is 0.0722. The van der Waals surface area contributed by atoms with Crippen LogP contribution in [0.1, 0.15) is 64.0 Å². The van der Waals surface area contributed by atoms with Crippen LogP contribution >= 0.6 is 0 Å². The molecule has 0 aromatic heterocycles. The van der Waals surface area contributed by atoms with E-state index in [1.54, 1.807) is 0 Å². The Bertz CT molecular complexity index is 541. The van der Waals surface area contributed by atoms with Gasteiger partial charge in [0.15, 0.2) is 0 Å². The summed E-state index contributed by atoms with van der Waals surface area (Å²) in [5.74, 6) is -0.687. The molecule has 1 rings (SSSR count). The fourth-order valence-corrected chi connectivity index (χ4v) is 2.54. The predicted molar refractivity (Wildman–Crippen MR) is 97.1 cm³/mol. The van der Waals surface area contributed by atoms with Crippen LogP contribution in [0, 0.1) is 5.92 Å². The molecule has 0 aliphatic rings. The molecular formula is C19H30N2O3. The topological polar surface area (TPSA) is 78.4 Å². The Balaban J connectivity index is 2.87. The molecule has 0 bridgehead atoms. The van der Waals surface area contributed by atoms with Crippen molar-refractivity contribution in [1.82, 2.24) is 5.32 Å². The van der Waals surface area contributed by atoms with Gasteiger partial charge in [0.25, 0.3) is 0 Å². The number of amides is 2. The summed E-state index contributed by atoms with van der Waals surface area (Å²) in [5, 5.41) is 14.3. The highest BCUT2D eigenvalue weighted by atomic mass is 16.3. The van der Waals surface area contributed by atoms with E-state index < -0.39 is 11.8 Å². The number of hydrogen-bond acceptors (Lipinski definition) is 3. The van der Waals surface area contributed by atoms with Gasteiger partial charge in [-0.1, -0.05) is 52.8 Å². The van der Waals surface area contributed by atoms with Crippen LogP contribution in [0.4, 0.5) is 5.69 Å². The van der Waals surface area contributed by atoms with Crippen molar-refractivity contribution in [1.29, 1.82) is 0 Å². The van der Waals surface area contributed by atoms with Gasteiger partial charge < -0.3 is 15.7 Å². The first-order chi connectivity index (χ1) is 11.3. The quantitative estimate of drug-likeness (QED) is 0.671. The highest BCUT2D eigenvalue weighted by Gasteiger charge is 2.20. The van der Waals surface area contributed by atoms with Gasteiger partial charge in [-0.2, -0.15) is 0 Å². The fraction of sp³-hybridized carbons (Fsp3) is 0.579. The first kappa shape index (κ1) is 20.2. The van der Waals surface area contributed by atoms with Crippen molar-refractivity contribution >= 4 is 17.5 Å². The molecule has 0 fully saturated rings. The van der Waals surface area contributed by atoms with Crippen LogP contribution < -0.4 is 10.6 Å². The highest BCUT2D eigenvalue weighted by Crippen LogP contribution is 2.32. The largest absolute Gasteiger partial charge is 0.396 e. The molecular weight excluding hydrogens is 304 g/mol. The predicted octanol–water partition coefficient (Wildman–Crippen LogP) is 3.01. The molecule has 0 spiro atoms. The third-order valence-electron chi connectivity index (χ3n) is 4.05. The van der Waals surface area contributed by atoms with Crippen LogP contribution in [-0.2, 0) is 9.59 Å². The number of carbonyl (C=O) groups is 2. The van der Waals surface area contributed by atoms with E-state index in [0.29, 0.717) is 13.0 Å². The third kappa shape index (κ3) is 5.64. The Kier molecular flexibility index (Phi) is 7.92. The third-order valence-corrected chi connectivity index (χ3v) is 4.05. The molecule has 0 aliphatic heterocycles. The average Bonchev–Trinajstić information content (AvgIpc) is 2.52. The zero-order valence-electron chi connectivity index (χ0n) is 15.3. The lowest BCUT2D eigenvalue weighted by atomic mass is 9.92. The van der Waals surface area contributed by atoms with E-state index >= 15 is 0 Å². The zero-order valence-corrected chi connectivity index (χ0v) is 15.3. The Morgan fingerprint density at radius 2 is 1.54 bits per heavy atom. The highest BCUT2D eigenvalue weighted by molar-refractivity contribution is 6.39. The Morgan fingerprint density at radius 1 is 1.00 bits per heavy atom. The van der Waals surface area contributed by atoms with Gasteiger partial charge in [0.2, 0.25) is 0 Å². The summed E-state index contributed by atoms with van der Waals surface area (Å²) in [4.78, 5) is 24.3. The number of para-hydroxylation sites is 1. The number of nitrogens with one attached hydrogen (secondary N) is 2. The SMILES string of the molecule is CC(CCO)CNC(=O)C(=O)Nc1c(C(C)C)cccc1C(C)C. The minimum atomic E-state index is -0.652. The molecule has 5 nitrogen and oxygen atoms in total. The molecule has 1 unspecified atom stereocenters. The lowest BCUT2D eigenvalue weighted by molar-refractivity contribution is -0.136. The number of carbonyl (C=O) groups excluding carboxylic acids is 2. The number of benzene rings is 1. The lowest BCUT2D eigenvalue weighted by Crippen LogP contribution is -2.38. The van der Waals surface area contributed by atoms with Crippen molar-refractivity contribution < 1.29 is 14.7 Å². The monoisotopic (exact) mass is 334 g/mol. The van der Waals surface area contributed by atoms with Crippen LogP contribution in [0.25, 0.3) is 0 Å². The number of anilines is 1. The Hall–Kier alpha value is -1.88. The van der Waals surface area contributed by atoms with E-state index in [2.05, 4.69) is 38.3 Å². The second kappa shape index (κ2) is 9.42. The summed E-state index contributed by atoms with van der Waals surface area (Å²) in [6.45, 7) is 10.6. The molecule has 0 radical (unpaired) electrons. The van der Waals surface area contributed by atoms with Gasteiger partial charge in [0.05, 0.1) is 0 Å². The van der Waals surface area contributed by atoms with Gasteiger partial charge in [0, 0.05) is 18.8 Å². The first-order valence-corrected chi connectivity index (χ1v) is 8.60. The summed E-state index contributed by atoms with van der Waals surface area (Å²) in [6.07, 6.45) is 0.593. The van der Waals surface area contributed by atoms with Crippen LogP contribution in [0.2, 0.25) is 0 Å². The smallest absolute Gasteiger partial charge is 0.313 e. The van der Waals surface area contributed by atoms with Crippen molar-refractivity contribution in [3.63, 3.8) is 0 Å². The van der Waals surface area contributed by atoms with E-state index in [-0.39, 0.29) is 24.4 Å². The maximum absolute atomic E-state index is 12.3. The van der Waals surface area contributed by atoms with Gasteiger partial charge in [-0.25, -0.2) is 0 Å². The second-order valence-electron chi connectivity index (χ2n) is 6.90. The van der Waals surface area contributed by atoms with Crippen LogP contribution in [-0.4, -0.2) is 30.1 Å². The maximum atomic E-state index is 12.3. The van der Waals surface area contributed by atoms with Crippen molar-refractivity contribution in [2.45, 2.75) is 52.9 Å². The number of aliphatic hydroxyl groups is 1. The molecule has 1 aromatic carbocycles. The van der Waals surface area contributed by atoms with Crippen LogP contribution in [0.5, 0.6) is 0 Å². The zero-order chi connectivity index (χ0) is 18.3. The molecule has 24 heavy (non-hydrogen) atoms. The molecule has 5 heteroatoms. The molecule has 0 saturated carbocycles. The summed E-state index contributed by atoms with van der Waals surface area (Å²) in [7, 11) is 0. The average molecular weight is 334 g/mol. The summed E-state index contributed by atoms with van der Waals surface area (Å²) in [5.41, 5.74) is 2.79. The molecule has 134 valence electrons.